The first-order valence-corrected chi connectivity index (χ1v) is 4.64. The number of pyridine rings is 1. The van der Waals surface area contributed by atoms with E-state index < -0.39 is 0 Å². The molecule has 2 N–H and O–H groups in total. The topological polar surface area (TPSA) is 45.1 Å². The van der Waals surface area contributed by atoms with E-state index in [-0.39, 0.29) is 6.61 Å². The summed E-state index contributed by atoms with van der Waals surface area (Å²) in [6, 6.07) is 5.94. The smallest absolute Gasteiger partial charge is 0.0478 e. The molecular weight excluding hydrogens is 164 g/mol. The van der Waals surface area contributed by atoms with Crippen molar-refractivity contribution in [3.63, 3.8) is 0 Å². The van der Waals surface area contributed by atoms with E-state index in [1.165, 1.54) is 0 Å². The summed E-state index contributed by atoms with van der Waals surface area (Å²) in [5.41, 5.74) is 1.09. The number of rotatable bonds is 2. The number of hydrogen-bond acceptors (Lipinski definition) is 3. The molecule has 13 heavy (non-hydrogen) atoms. The molecule has 0 bridgehead atoms. The molecule has 70 valence electrons. The molecule has 1 saturated heterocycles. The van der Waals surface area contributed by atoms with Gasteiger partial charge in [-0.2, -0.15) is 0 Å². The lowest BCUT2D eigenvalue weighted by Gasteiger charge is -2.14. The van der Waals surface area contributed by atoms with Gasteiger partial charge in [0.25, 0.3) is 0 Å². The van der Waals surface area contributed by atoms with Gasteiger partial charge in [0.1, 0.15) is 0 Å². The Morgan fingerprint density at radius 2 is 2.38 bits per heavy atom. The molecule has 1 aliphatic heterocycles. The molecule has 3 heteroatoms. The minimum absolute atomic E-state index is 0.244. The Morgan fingerprint density at radius 1 is 1.46 bits per heavy atom. The summed E-state index contributed by atoms with van der Waals surface area (Å²) in [7, 11) is 0. The van der Waals surface area contributed by atoms with Gasteiger partial charge in [-0.1, -0.05) is 6.07 Å². The van der Waals surface area contributed by atoms with Crippen LogP contribution in [0.4, 0.5) is 0 Å². The average molecular weight is 178 g/mol. The number of nitrogens with one attached hydrogen (secondary N) is 1. The highest BCUT2D eigenvalue weighted by atomic mass is 16.3. The molecule has 0 amide bonds. The molecule has 0 aromatic carbocycles. The second kappa shape index (κ2) is 3.85. The molecule has 0 radical (unpaired) electrons. The van der Waals surface area contributed by atoms with Crippen LogP contribution < -0.4 is 5.32 Å². The highest BCUT2D eigenvalue weighted by molar-refractivity contribution is 5.13. The quantitative estimate of drug-likeness (QED) is 0.688. The molecule has 1 aliphatic rings. The summed E-state index contributed by atoms with van der Waals surface area (Å²) in [6.45, 7) is 2.08. The molecule has 0 unspecified atom stereocenters. The van der Waals surface area contributed by atoms with E-state index in [0.717, 1.165) is 18.8 Å². The lowest BCUT2D eigenvalue weighted by atomic mass is 9.93. The van der Waals surface area contributed by atoms with Crippen molar-refractivity contribution in [2.75, 3.05) is 19.7 Å². The van der Waals surface area contributed by atoms with Crippen LogP contribution in [-0.2, 0) is 0 Å². The highest BCUT2D eigenvalue weighted by Gasteiger charge is 2.28. The van der Waals surface area contributed by atoms with E-state index >= 15 is 0 Å². The maximum Gasteiger partial charge on any atom is 0.0478 e. The SMILES string of the molecule is OC[C@@H]1CNC[C@H]1c1ccccn1. The zero-order valence-corrected chi connectivity index (χ0v) is 7.48. The molecule has 2 rings (SSSR count). The van der Waals surface area contributed by atoms with Crippen molar-refractivity contribution in [1.29, 1.82) is 0 Å². The third kappa shape index (κ3) is 1.71. The van der Waals surface area contributed by atoms with Gasteiger partial charge in [-0.05, 0) is 12.1 Å². The second-order valence-electron chi connectivity index (χ2n) is 3.46. The van der Waals surface area contributed by atoms with Crippen LogP contribution in [0, 0.1) is 5.92 Å². The van der Waals surface area contributed by atoms with Crippen LogP contribution in [0.2, 0.25) is 0 Å². The summed E-state index contributed by atoms with van der Waals surface area (Å²) in [5, 5.41) is 12.4. The molecule has 1 aromatic heterocycles. The largest absolute Gasteiger partial charge is 0.396 e. The van der Waals surface area contributed by atoms with Gasteiger partial charge >= 0.3 is 0 Å². The lowest BCUT2D eigenvalue weighted by Crippen LogP contribution is -2.15. The number of aliphatic hydroxyl groups excluding tert-OH is 1. The number of nitrogens with zero attached hydrogens (tertiary/aromatic N) is 1. The summed E-state index contributed by atoms with van der Waals surface area (Å²) < 4.78 is 0. The lowest BCUT2D eigenvalue weighted by molar-refractivity contribution is 0.225. The van der Waals surface area contributed by atoms with Crippen molar-refractivity contribution < 1.29 is 5.11 Å². The summed E-state index contributed by atoms with van der Waals surface area (Å²) in [5.74, 6) is 0.709. The first-order chi connectivity index (χ1) is 6.42. The number of aromatic nitrogens is 1. The molecule has 0 aliphatic carbocycles. The molecule has 2 atom stereocenters. The fourth-order valence-corrected chi connectivity index (χ4v) is 1.87. The van der Waals surface area contributed by atoms with Crippen molar-refractivity contribution in [2.45, 2.75) is 5.92 Å². The van der Waals surface area contributed by atoms with Crippen LogP contribution in [0.3, 0.4) is 0 Å². The van der Waals surface area contributed by atoms with Crippen LogP contribution in [0.5, 0.6) is 0 Å². The third-order valence-corrected chi connectivity index (χ3v) is 2.64. The maximum absolute atomic E-state index is 9.13. The highest BCUT2D eigenvalue weighted by Crippen LogP contribution is 2.25. The average Bonchev–Trinajstić information content (AvgIpc) is 2.67. The van der Waals surface area contributed by atoms with Gasteiger partial charge in [0.2, 0.25) is 0 Å². The summed E-state index contributed by atoms with van der Waals surface area (Å²) in [4.78, 5) is 4.31. The zero-order valence-electron chi connectivity index (χ0n) is 7.48. The van der Waals surface area contributed by atoms with Crippen LogP contribution >= 0.6 is 0 Å². The fraction of sp³-hybridized carbons (Fsp3) is 0.500. The first kappa shape index (κ1) is 8.66. The van der Waals surface area contributed by atoms with Gasteiger partial charge in [-0.3, -0.25) is 4.98 Å². The Balaban J connectivity index is 2.16. The van der Waals surface area contributed by atoms with E-state index in [4.69, 9.17) is 5.11 Å². The van der Waals surface area contributed by atoms with Gasteiger partial charge in [-0.15, -0.1) is 0 Å². The van der Waals surface area contributed by atoms with Gasteiger partial charge in [-0.25, -0.2) is 0 Å². The van der Waals surface area contributed by atoms with Crippen molar-refractivity contribution in [2.24, 2.45) is 5.92 Å². The van der Waals surface area contributed by atoms with Crippen molar-refractivity contribution in [3.8, 4) is 0 Å². The predicted octanol–water partition coefficient (Wildman–Crippen LogP) is 0.377. The van der Waals surface area contributed by atoms with Crippen molar-refractivity contribution in [1.82, 2.24) is 10.3 Å². The molecule has 1 aromatic rings. The first-order valence-electron chi connectivity index (χ1n) is 4.64. The molecule has 3 nitrogen and oxygen atoms in total. The number of aliphatic hydroxyl groups is 1. The normalized spacial score (nSPS) is 27.8. The van der Waals surface area contributed by atoms with Crippen LogP contribution in [0.1, 0.15) is 11.6 Å². The Hall–Kier alpha value is -0.930. The van der Waals surface area contributed by atoms with Gasteiger partial charge in [0.15, 0.2) is 0 Å². The van der Waals surface area contributed by atoms with E-state index in [0.29, 0.717) is 11.8 Å². The standard InChI is InChI=1S/C10H14N2O/c13-7-8-5-11-6-9(8)10-3-1-2-4-12-10/h1-4,8-9,11,13H,5-7H2/t8-,9+/m0/s1. The van der Waals surface area contributed by atoms with Crippen molar-refractivity contribution in [3.05, 3.63) is 30.1 Å². The van der Waals surface area contributed by atoms with E-state index in [1.807, 2.05) is 24.4 Å². The zero-order chi connectivity index (χ0) is 9.10. The predicted molar refractivity (Wildman–Crippen MR) is 50.4 cm³/mol. The van der Waals surface area contributed by atoms with Crippen molar-refractivity contribution >= 4 is 0 Å². The Labute approximate surface area is 77.8 Å². The van der Waals surface area contributed by atoms with Crippen LogP contribution in [0.25, 0.3) is 0 Å². The molecule has 0 spiro atoms. The summed E-state index contributed by atoms with van der Waals surface area (Å²) in [6.07, 6.45) is 1.81. The Kier molecular flexibility index (Phi) is 2.57. The van der Waals surface area contributed by atoms with E-state index in [9.17, 15) is 0 Å². The van der Waals surface area contributed by atoms with Gasteiger partial charge in [0.05, 0.1) is 0 Å². The number of hydrogen-bond donors (Lipinski definition) is 2. The maximum atomic E-state index is 9.13. The Morgan fingerprint density at radius 3 is 3.08 bits per heavy atom. The van der Waals surface area contributed by atoms with E-state index in [1.54, 1.807) is 0 Å². The Bertz CT molecular complexity index is 263. The van der Waals surface area contributed by atoms with Crippen LogP contribution in [0.15, 0.2) is 24.4 Å². The second-order valence-corrected chi connectivity index (χ2v) is 3.46. The molecular formula is C10H14N2O. The van der Waals surface area contributed by atoms with Crippen LogP contribution in [-0.4, -0.2) is 29.8 Å². The van der Waals surface area contributed by atoms with Gasteiger partial charge in [0, 0.05) is 43.4 Å². The van der Waals surface area contributed by atoms with Gasteiger partial charge < -0.3 is 10.4 Å². The molecule has 1 fully saturated rings. The monoisotopic (exact) mass is 178 g/mol. The summed E-state index contributed by atoms with van der Waals surface area (Å²) >= 11 is 0. The molecule has 2 heterocycles. The molecule has 0 saturated carbocycles. The van der Waals surface area contributed by atoms with E-state index in [2.05, 4.69) is 10.3 Å². The fourth-order valence-electron chi connectivity index (χ4n) is 1.87. The minimum atomic E-state index is 0.244. The minimum Gasteiger partial charge on any atom is -0.396 e. The third-order valence-electron chi connectivity index (χ3n) is 2.64.